The molecule has 1 aliphatic rings. The van der Waals surface area contributed by atoms with Gasteiger partial charge in [-0.3, -0.25) is 4.68 Å². The summed E-state index contributed by atoms with van der Waals surface area (Å²) < 4.78 is 46.4. The molecule has 1 aromatic carbocycles. The molecule has 0 aliphatic carbocycles. The van der Waals surface area contributed by atoms with Gasteiger partial charge in [-0.2, -0.15) is 5.10 Å². The Kier molecular flexibility index (Phi) is 11.3. The lowest BCUT2D eigenvalue weighted by molar-refractivity contribution is 0.208. The molecular formula is C29H41F2N5O3. The molecule has 3 rings (SSSR count). The second-order valence-corrected chi connectivity index (χ2v) is 9.95. The summed E-state index contributed by atoms with van der Waals surface area (Å²) >= 11 is 0. The van der Waals surface area contributed by atoms with E-state index in [0.717, 1.165) is 30.6 Å². The fourth-order valence-electron chi connectivity index (χ4n) is 4.69. The zero-order valence-electron chi connectivity index (χ0n) is 23.7. The van der Waals surface area contributed by atoms with E-state index in [-0.39, 0.29) is 22.8 Å². The van der Waals surface area contributed by atoms with Gasteiger partial charge in [0.2, 0.25) is 0 Å². The first-order valence-corrected chi connectivity index (χ1v) is 13.3. The molecule has 1 saturated heterocycles. The minimum atomic E-state index is -0.857. The van der Waals surface area contributed by atoms with E-state index in [2.05, 4.69) is 40.9 Å². The van der Waals surface area contributed by atoms with Crippen LogP contribution in [0.5, 0.6) is 11.5 Å². The number of hydrogen-bond acceptors (Lipinski definition) is 7. The smallest absolute Gasteiger partial charge is 0.174 e. The van der Waals surface area contributed by atoms with Gasteiger partial charge in [0.1, 0.15) is 18.2 Å². The number of nitrogens with zero attached hydrogens (tertiary/aromatic N) is 4. The quantitative estimate of drug-likeness (QED) is 0.246. The van der Waals surface area contributed by atoms with Crippen molar-refractivity contribution in [1.29, 1.82) is 0 Å². The van der Waals surface area contributed by atoms with Crippen LogP contribution in [0.15, 0.2) is 47.7 Å². The fraction of sp³-hybridized carbons (Fsp3) is 0.517. The van der Waals surface area contributed by atoms with Crippen molar-refractivity contribution < 1.29 is 23.0 Å². The summed E-state index contributed by atoms with van der Waals surface area (Å²) in [5, 5.41) is 7.70. The molecule has 214 valence electrons. The predicted molar refractivity (Wildman–Crippen MR) is 150 cm³/mol. The predicted octanol–water partition coefficient (Wildman–Crippen LogP) is 6.01. The van der Waals surface area contributed by atoms with Crippen LogP contribution < -0.4 is 14.8 Å². The average Bonchev–Trinajstić information content (AvgIpc) is 3.27. The highest BCUT2D eigenvalue weighted by atomic mass is 19.1. The van der Waals surface area contributed by atoms with Crippen LogP contribution in [-0.4, -0.2) is 55.3 Å². The number of allylic oxidation sites excluding steroid dienone is 2. The summed E-state index contributed by atoms with van der Waals surface area (Å²) in [6.07, 6.45) is 11.8. The van der Waals surface area contributed by atoms with Crippen molar-refractivity contribution in [3.8, 4) is 11.5 Å². The molecule has 1 unspecified atom stereocenters. The summed E-state index contributed by atoms with van der Waals surface area (Å²) in [5.41, 5.74) is 0.487. The molecule has 1 aliphatic heterocycles. The molecule has 0 radical (unpaired) electrons. The molecular weight excluding hydrogens is 504 g/mol. The molecule has 0 amide bonds. The fourth-order valence-corrected chi connectivity index (χ4v) is 4.69. The van der Waals surface area contributed by atoms with E-state index < -0.39 is 18.2 Å². The van der Waals surface area contributed by atoms with Gasteiger partial charge < -0.3 is 24.4 Å². The highest BCUT2D eigenvalue weighted by molar-refractivity contribution is 5.76. The van der Waals surface area contributed by atoms with Crippen LogP contribution in [0.4, 0.5) is 14.5 Å². The van der Waals surface area contributed by atoms with Gasteiger partial charge in [-0.1, -0.05) is 13.5 Å². The van der Waals surface area contributed by atoms with Crippen LogP contribution in [-0.2, 0) is 17.9 Å². The molecule has 2 aromatic rings. The Morgan fingerprint density at radius 2 is 1.95 bits per heavy atom. The molecule has 1 aromatic heterocycles. The van der Waals surface area contributed by atoms with Gasteiger partial charge >= 0.3 is 0 Å². The van der Waals surface area contributed by atoms with Gasteiger partial charge in [-0.25, -0.2) is 13.8 Å². The van der Waals surface area contributed by atoms with Gasteiger partial charge in [0.15, 0.2) is 23.1 Å². The highest BCUT2D eigenvalue weighted by Gasteiger charge is 2.21. The number of nitrogens with one attached hydrogen (secondary N) is 1. The lowest BCUT2D eigenvalue weighted by atomic mass is 9.85. The van der Waals surface area contributed by atoms with Crippen molar-refractivity contribution >= 4 is 11.9 Å². The number of likely N-dealkylation sites (tertiary alicyclic amines) is 1. The molecule has 0 bridgehead atoms. The average molecular weight is 546 g/mol. The number of anilines is 1. The van der Waals surface area contributed by atoms with Crippen molar-refractivity contribution in [2.75, 3.05) is 39.7 Å². The molecule has 0 spiro atoms. The third kappa shape index (κ3) is 8.54. The molecule has 2 heterocycles. The van der Waals surface area contributed by atoms with E-state index in [1.807, 2.05) is 17.8 Å². The first-order chi connectivity index (χ1) is 18.7. The molecule has 8 nitrogen and oxygen atoms in total. The van der Waals surface area contributed by atoms with E-state index in [4.69, 9.17) is 14.2 Å². The third-order valence-electron chi connectivity index (χ3n) is 7.21. The molecule has 10 heteroatoms. The molecule has 39 heavy (non-hydrogen) atoms. The Balaban J connectivity index is 1.50. The van der Waals surface area contributed by atoms with Crippen LogP contribution in [0.3, 0.4) is 0 Å². The van der Waals surface area contributed by atoms with Crippen LogP contribution >= 0.6 is 0 Å². The maximum Gasteiger partial charge on any atom is 0.174 e. The summed E-state index contributed by atoms with van der Waals surface area (Å²) in [6.45, 7) is 10.8. The number of aliphatic imine (C=N–C) groups is 1. The van der Waals surface area contributed by atoms with Crippen molar-refractivity contribution in [3.63, 3.8) is 0 Å². The standard InChI is InChI=1S/C29H41F2N5O3/c1-7-27(32-16-21(3)39-19-24-28(30)25(37-5)15-26(38-6)29(24)31)34-23-17-33-36(18-23)14-10-20(2)22-9-8-12-35(4)13-11-22/h7,15-18,20,22,34H,3,8-14,19H2,1-2,4-6H3/b27-7+,32-16-/t20?,22-/m0/s1. The second kappa shape index (κ2) is 14.7. The Morgan fingerprint density at radius 1 is 1.23 bits per heavy atom. The molecule has 1 fully saturated rings. The Morgan fingerprint density at radius 3 is 2.62 bits per heavy atom. The van der Waals surface area contributed by atoms with Crippen molar-refractivity contribution in [2.24, 2.45) is 16.8 Å². The van der Waals surface area contributed by atoms with Gasteiger partial charge in [0, 0.05) is 18.8 Å². The first kappa shape index (κ1) is 30.1. The number of hydrogen-bond donors (Lipinski definition) is 1. The van der Waals surface area contributed by atoms with Gasteiger partial charge in [-0.05, 0) is 70.7 Å². The maximum absolute atomic E-state index is 14.5. The van der Waals surface area contributed by atoms with E-state index in [0.29, 0.717) is 11.7 Å². The van der Waals surface area contributed by atoms with Gasteiger partial charge in [0.25, 0.3) is 0 Å². The number of rotatable bonds is 13. The van der Waals surface area contributed by atoms with E-state index in [9.17, 15) is 8.78 Å². The number of benzene rings is 1. The second-order valence-electron chi connectivity index (χ2n) is 9.95. The Bertz CT molecular complexity index is 1140. The Labute approximate surface area is 230 Å². The number of ether oxygens (including phenoxy) is 3. The number of halogens is 2. The van der Waals surface area contributed by atoms with Crippen molar-refractivity contribution in [1.82, 2.24) is 14.7 Å². The van der Waals surface area contributed by atoms with Crippen LogP contribution in [0.1, 0.15) is 45.1 Å². The monoisotopic (exact) mass is 545 g/mol. The normalized spacial score (nSPS) is 17.6. The van der Waals surface area contributed by atoms with Crippen molar-refractivity contribution in [2.45, 2.75) is 52.7 Å². The minimum Gasteiger partial charge on any atom is -0.494 e. The van der Waals surface area contributed by atoms with Gasteiger partial charge in [-0.15, -0.1) is 0 Å². The van der Waals surface area contributed by atoms with Crippen molar-refractivity contribution in [3.05, 3.63) is 59.9 Å². The van der Waals surface area contributed by atoms with E-state index in [1.54, 1.807) is 12.3 Å². The molecule has 2 atom stereocenters. The summed E-state index contributed by atoms with van der Waals surface area (Å²) in [7, 11) is 4.79. The minimum absolute atomic E-state index is 0.131. The topological polar surface area (TPSA) is 73.1 Å². The Hall–Kier alpha value is -3.40. The summed E-state index contributed by atoms with van der Waals surface area (Å²) in [4.78, 5) is 6.77. The zero-order valence-corrected chi connectivity index (χ0v) is 23.7. The van der Waals surface area contributed by atoms with Gasteiger partial charge in [0.05, 0.1) is 37.9 Å². The summed E-state index contributed by atoms with van der Waals surface area (Å²) in [6, 6.07) is 1.15. The lowest BCUT2D eigenvalue weighted by Gasteiger charge is -2.22. The molecule has 0 saturated carbocycles. The maximum atomic E-state index is 14.5. The zero-order chi connectivity index (χ0) is 28.4. The van der Waals surface area contributed by atoms with Crippen LogP contribution in [0, 0.1) is 23.5 Å². The molecule has 1 N–H and O–H groups in total. The largest absolute Gasteiger partial charge is 0.494 e. The number of aromatic nitrogens is 2. The summed E-state index contributed by atoms with van der Waals surface area (Å²) in [5.74, 6) is 0.105. The van der Waals surface area contributed by atoms with Crippen LogP contribution in [0.25, 0.3) is 0 Å². The number of aryl methyl sites for hydroxylation is 1. The third-order valence-corrected chi connectivity index (χ3v) is 7.21. The van der Waals surface area contributed by atoms with Crippen LogP contribution in [0.2, 0.25) is 0 Å². The highest BCUT2D eigenvalue weighted by Crippen LogP contribution is 2.32. The SMILES string of the molecule is C=C(/C=N\C(=C/C)Nc1cnn(CCC(C)[C@H]2CCCN(C)CC2)c1)OCc1c(F)c(OC)cc(OC)c1F. The first-order valence-electron chi connectivity index (χ1n) is 13.3. The number of methoxy groups -OCH3 is 2. The van der Waals surface area contributed by atoms with E-state index in [1.165, 1.54) is 52.8 Å². The lowest BCUT2D eigenvalue weighted by Crippen LogP contribution is -2.20. The van der Waals surface area contributed by atoms with E-state index >= 15 is 0 Å².